The van der Waals surface area contributed by atoms with Gasteiger partial charge < -0.3 is 11.1 Å². The number of hydrogen-bond acceptors (Lipinski definition) is 2. The van der Waals surface area contributed by atoms with Gasteiger partial charge in [0.25, 0.3) is 0 Å². The van der Waals surface area contributed by atoms with Gasteiger partial charge in [0.05, 0.1) is 5.69 Å². The molecule has 3 nitrogen and oxygen atoms in total. The molecule has 0 bridgehead atoms. The van der Waals surface area contributed by atoms with Crippen LogP contribution in [-0.2, 0) is 4.79 Å². The Morgan fingerprint density at radius 2 is 1.94 bits per heavy atom. The normalized spacial score (nSPS) is 23.7. The quantitative estimate of drug-likeness (QED) is 0.866. The summed E-state index contributed by atoms with van der Waals surface area (Å²) in [5, 5.41) is 2.62. The number of anilines is 1. The maximum atomic E-state index is 13.3. The van der Waals surface area contributed by atoms with E-state index in [1.54, 1.807) is 18.2 Å². The first-order valence-corrected chi connectivity index (χ1v) is 6.45. The highest BCUT2D eigenvalue weighted by Crippen LogP contribution is 2.26. The van der Waals surface area contributed by atoms with Crippen LogP contribution in [-0.4, -0.2) is 11.9 Å². The summed E-state index contributed by atoms with van der Waals surface area (Å²) in [6.45, 7) is 0. The molecule has 0 atom stereocenters. The lowest BCUT2D eigenvalue weighted by atomic mass is 9.84. The number of amides is 1. The minimum atomic E-state index is -0.392. The van der Waals surface area contributed by atoms with Crippen molar-refractivity contribution in [1.82, 2.24) is 0 Å². The molecule has 1 fully saturated rings. The highest BCUT2D eigenvalue weighted by atomic mass is 19.1. The molecule has 1 aliphatic carbocycles. The van der Waals surface area contributed by atoms with E-state index in [0.717, 1.165) is 25.7 Å². The molecule has 1 saturated carbocycles. The lowest BCUT2D eigenvalue weighted by Gasteiger charge is -2.25. The average molecular weight is 250 g/mol. The van der Waals surface area contributed by atoms with Crippen LogP contribution < -0.4 is 11.1 Å². The van der Waals surface area contributed by atoms with Gasteiger partial charge in [-0.1, -0.05) is 12.1 Å². The molecule has 1 aromatic carbocycles. The van der Waals surface area contributed by atoms with Gasteiger partial charge in [-0.25, -0.2) is 4.39 Å². The van der Waals surface area contributed by atoms with Crippen LogP contribution in [0.2, 0.25) is 0 Å². The molecule has 1 aliphatic rings. The topological polar surface area (TPSA) is 55.1 Å². The van der Waals surface area contributed by atoms with Crippen LogP contribution >= 0.6 is 0 Å². The second kappa shape index (κ2) is 5.96. The van der Waals surface area contributed by atoms with Crippen molar-refractivity contribution in [2.75, 3.05) is 5.32 Å². The van der Waals surface area contributed by atoms with E-state index >= 15 is 0 Å². The van der Waals surface area contributed by atoms with Crippen LogP contribution in [0.25, 0.3) is 0 Å². The minimum absolute atomic E-state index is 0.111. The van der Waals surface area contributed by atoms with Crippen molar-refractivity contribution in [2.24, 2.45) is 11.7 Å². The first-order chi connectivity index (χ1) is 8.65. The van der Waals surface area contributed by atoms with E-state index in [1.807, 2.05) is 0 Å². The van der Waals surface area contributed by atoms with Crippen molar-refractivity contribution in [3.63, 3.8) is 0 Å². The number of nitrogens with one attached hydrogen (secondary N) is 1. The Hall–Kier alpha value is -1.42. The fourth-order valence-electron chi connectivity index (χ4n) is 2.42. The Morgan fingerprint density at radius 3 is 2.61 bits per heavy atom. The molecule has 0 unspecified atom stereocenters. The predicted octanol–water partition coefficient (Wildman–Crippen LogP) is 2.67. The average Bonchev–Trinajstić information content (AvgIpc) is 2.35. The van der Waals surface area contributed by atoms with Crippen molar-refractivity contribution in [2.45, 2.75) is 38.1 Å². The lowest BCUT2D eigenvalue weighted by molar-refractivity contribution is -0.117. The summed E-state index contributed by atoms with van der Waals surface area (Å²) in [7, 11) is 0. The summed E-state index contributed by atoms with van der Waals surface area (Å²) in [5.74, 6) is -0.117. The third kappa shape index (κ3) is 3.53. The van der Waals surface area contributed by atoms with E-state index < -0.39 is 5.82 Å². The van der Waals surface area contributed by atoms with Crippen LogP contribution in [0.5, 0.6) is 0 Å². The highest BCUT2D eigenvalue weighted by Gasteiger charge is 2.21. The molecule has 0 heterocycles. The smallest absolute Gasteiger partial charge is 0.224 e. The van der Waals surface area contributed by atoms with Gasteiger partial charge in [0.1, 0.15) is 5.82 Å². The first-order valence-electron chi connectivity index (χ1n) is 6.45. The summed E-state index contributed by atoms with van der Waals surface area (Å²) in [6, 6.07) is 6.52. The van der Waals surface area contributed by atoms with Crippen LogP contribution in [0.4, 0.5) is 10.1 Å². The molecule has 4 heteroatoms. The molecule has 0 saturated heterocycles. The largest absolute Gasteiger partial charge is 0.328 e. The number of rotatable bonds is 3. The minimum Gasteiger partial charge on any atom is -0.328 e. The molecule has 1 aromatic rings. The summed E-state index contributed by atoms with van der Waals surface area (Å²) < 4.78 is 13.3. The van der Waals surface area contributed by atoms with Crippen molar-refractivity contribution in [3.8, 4) is 0 Å². The zero-order valence-electron chi connectivity index (χ0n) is 10.4. The molecule has 0 radical (unpaired) electrons. The number of para-hydroxylation sites is 1. The third-order valence-electron chi connectivity index (χ3n) is 3.51. The number of carbonyl (C=O) groups excluding carboxylic acids is 1. The van der Waals surface area contributed by atoms with Gasteiger partial charge in [-0.15, -0.1) is 0 Å². The molecule has 98 valence electrons. The molecule has 0 aliphatic heterocycles. The van der Waals surface area contributed by atoms with Crippen LogP contribution in [0.1, 0.15) is 32.1 Å². The van der Waals surface area contributed by atoms with Gasteiger partial charge >= 0.3 is 0 Å². The zero-order chi connectivity index (χ0) is 13.0. The van der Waals surface area contributed by atoms with Crippen LogP contribution in [0.3, 0.4) is 0 Å². The molecule has 0 aromatic heterocycles. The summed E-state index contributed by atoms with van der Waals surface area (Å²) in [6.07, 6.45) is 4.41. The van der Waals surface area contributed by atoms with Crippen molar-refractivity contribution < 1.29 is 9.18 Å². The van der Waals surface area contributed by atoms with Gasteiger partial charge in [-0.2, -0.15) is 0 Å². The maximum absolute atomic E-state index is 13.3. The second-order valence-corrected chi connectivity index (χ2v) is 5.01. The Labute approximate surface area is 107 Å². The highest BCUT2D eigenvalue weighted by molar-refractivity contribution is 5.90. The van der Waals surface area contributed by atoms with E-state index in [4.69, 9.17) is 5.73 Å². The molecule has 2 rings (SSSR count). The second-order valence-electron chi connectivity index (χ2n) is 5.01. The molecule has 0 spiro atoms. The van der Waals surface area contributed by atoms with Crippen LogP contribution in [0.15, 0.2) is 24.3 Å². The number of benzene rings is 1. The number of halogens is 1. The van der Waals surface area contributed by atoms with E-state index in [9.17, 15) is 9.18 Å². The number of carbonyl (C=O) groups is 1. The van der Waals surface area contributed by atoms with Gasteiger partial charge in [-0.3, -0.25) is 4.79 Å². The van der Waals surface area contributed by atoms with Crippen LogP contribution in [0, 0.1) is 11.7 Å². The summed E-state index contributed by atoms with van der Waals surface area (Å²) in [4.78, 5) is 11.8. The molecule has 18 heavy (non-hydrogen) atoms. The number of hydrogen-bond donors (Lipinski definition) is 2. The summed E-state index contributed by atoms with van der Waals surface area (Å²) >= 11 is 0. The fourth-order valence-corrected chi connectivity index (χ4v) is 2.42. The maximum Gasteiger partial charge on any atom is 0.224 e. The molecule has 3 N–H and O–H groups in total. The van der Waals surface area contributed by atoms with Crippen molar-refractivity contribution >= 4 is 11.6 Å². The van der Waals surface area contributed by atoms with Crippen molar-refractivity contribution in [3.05, 3.63) is 30.1 Å². The SMILES string of the molecule is NC1CCC(CC(=O)Nc2ccccc2F)CC1. The zero-order valence-corrected chi connectivity index (χ0v) is 10.4. The summed E-state index contributed by atoms with van der Waals surface area (Å²) in [5.41, 5.74) is 6.08. The molecular formula is C14H19FN2O. The van der Waals surface area contributed by atoms with E-state index in [-0.39, 0.29) is 17.6 Å². The van der Waals surface area contributed by atoms with Gasteiger partial charge in [0.2, 0.25) is 5.91 Å². The van der Waals surface area contributed by atoms with Gasteiger partial charge in [-0.05, 0) is 43.7 Å². The molecule has 1 amide bonds. The van der Waals surface area contributed by atoms with Crippen molar-refractivity contribution in [1.29, 1.82) is 0 Å². The monoisotopic (exact) mass is 250 g/mol. The Bertz CT molecular complexity index is 414. The van der Waals surface area contributed by atoms with Gasteiger partial charge in [0, 0.05) is 12.5 Å². The first kappa shape index (κ1) is 13.0. The number of nitrogens with two attached hydrogens (primary N) is 1. The predicted molar refractivity (Wildman–Crippen MR) is 69.6 cm³/mol. The Balaban J connectivity index is 1.84. The Kier molecular flexibility index (Phi) is 4.31. The Morgan fingerprint density at radius 1 is 1.28 bits per heavy atom. The van der Waals surface area contributed by atoms with E-state index in [1.165, 1.54) is 6.07 Å². The van der Waals surface area contributed by atoms with E-state index in [0.29, 0.717) is 12.3 Å². The standard InChI is InChI=1S/C14H19FN2O/c15-12-3-1-2-4-13(12)17-14(18)9-10-5-7-11(16)8-6-10/h1-4,10-11H,5-9,16H2,(H,17,18). The third-order valence-corrected chi connectivity index (χ3v) is 3.51. The van der Waals surface area contributed by atoms with E-state index in [2.05, 4.69) is 5.32 Å². The lowest BCUT2D eigenvalue weighted by Crippen LogP contribution is -2.28. The van der Waals surface area contributed by atoms with Gasteiger partial charge in [0.15, 0.2) is 0 Å². The fraction of sp³-hybridized carbons (Fsp3) is 0.500. The molecular weight excluding hydrogens is 231 g/mol.